The molecule has 2 aromatic heterocycles. The van der Waals surface area contributed by atoms with Gasteiger partial charge in [-0.3, -0.25) is 4.90 Å². The summed E-state index contributed by atoms with van der Waals surface area (Å²) < 4.78 is 56.1. The number of ether oxygens (including phenoxy) is 4. The molecule has 2 N–H and O–H groups in total. The first-order valence-electron chi connectivity index (χ1n) is 18.5. The molecular formula is C40H45F2N5O6. The second-order valence-electron chi connectivity index (χ2n) is 15.4. The van der Waals surface area contributed by atoms with Gasteiger partial charge in [-0.1, -0.05) is 18.4 Å². The number of terminal acetylenes is 1. The number of anilines is 1. The maximum atomic E-state index is 17.3. The molecule has 53 heavy (non-hydrogen) atoms. The number of piperidine rings is 1. The predicted molar refractivity (Wildman–Crippen MR) is 195 cm³/mol. The van der Waals surface area contributed by atoms with Crippen molar-refractivity contribution in [1.29, 1.82) is 0 Å². The number of benzene rings is 2. The molecule has 280 valence electrons. The van der Waals surface area contributed by atoms with E-state index in [2.05, 4.69) is 20.8 Å². The number of hydrogen-bond donors (Lipinski definition) is 2. The number of phenolic OH excluding ortho intramolecular Hbond substituents is 1. The molecule has 3 saturated heterocycles. The summed E-state index contributed by atoms with van der Waals surface area (Å²) in [5.74, 6) is 1.47. The number of fused-ring (bicyclic) bond motifs is 3. The van der Waals surface area contributed by atoms with E-state index in [0.717, 1.165) is 64.8 Å². The Kier molecular flexibility index (Phi) is 9.51. The van der Waals surface area contributed by atoms with Gasteiger partial charge in [0.25, 0.3) is 0 Å². The topological polar surface area (TPSA) is 123 Å². The molecule has 4 unspecified atom stereocenters. The number of aliphatic hydroxyl groups is 1. The first-order valence-corrected chi connectivity index (χ1v) is 18.5. The van der Waals surface area contributed by atoms with Crippen LogP contribution in [0.1, 0.15) is 51.0 Å². The van der Waals surface area contributed by atoms with Gasteiger partial charge >= 0.3 is 6.01 Å². The molecule has 8 rings (SSSR count). The Morgan fingerprint density at radius 2 is 1.91 bits per heavy atom. The molecule has 13 heteroatoms. The zero-order chi connectivity index (χ0) is 36.9. The Hall–Kier alpha value is -4.35. The van der Waals surface area contributed by atoms with Crippen molar-refractivity contribution in [3.63, 3.8) is 0 Å². The van der Waals surface area contributed by atoms with Gasteiger partial charge in [0.05, 0.1) is 45.6 Å². The molecule has 0 bridgehead atoms. The van der Waals surface area contributed by atoms with Crippen molar-refractivity contribution in [3.8, 4) is 41.2 Å². The van der Waals surface area contributed by atoms with Gasteiger partial charge in [0, 0.05) is 42.1 Å². The lowest BCUT2D eigenvalue weighted by Gasteiger charge is -2.46. The van der Waals surface area contributed by atoms with Gasteiger partial charge in [0.2, 0.25) is 5.88 Å². The summed E-state index contributed by atoms with van der Waals surface area (Å²) in [5.41, 5.74) is -1.75. The van der Waals surface area contributed by atoms with Crippen molar-refractivity contribution >= 4 is 27.5 Å². The minimum absolute atomic E-state index is 0.00817. The maximum absolute atomic E-state index is 17.3. The second kappa shape index (κ2) is 14.1. The molecule has 4 aromatic rings. The molecule has 0 spiro atoms. The molecule has 0 radical (unpaired) electrons. The van der Waals surface area contributed by atoms with Crippen molar-refractivity contribution < 1.29 is 37.9 Å². The molecule has 4 fully saturated rings. The molecule has 0 amide bonds. The quantitative estimate of drug-likeness (QED) is 0.225. The van der Waals surface area contributed by atoms with Crippen molar-refractivity contribution in [2.45, 2.75) is 57.1 Å². The molecule has 3 aliphatic heterocycles. The van der Waals surface area contributed by atoms with E-state index in [9.17, 15) is 10.2 Å². The number of β-amino-alcohol motifs (C(OH)–C–C–N with tert-alkyl or cyclic N) is 1. The van der Waals surface area contributed by atoms with Crippen LogP contribution in [0.4, 0.5) is 14.6 Å². The van der Waals surface area contributed by atoms with E-state index < -0.39 is 17.2 Å². The molecule has 1 aliphatic carbocycles. The van der Waals surface area contributed by atoms with E-state index in [1.54, 1.807) is 6.92 Å². The maximum Gasteiger partial charge on any atom is 0.319 e. The normalized spacial score (nSPS) is 26.5. The third-order valence-electron chi connectivity index (χ3n) is 11.5. The fraction of sp³-hybridized carbons (Fsp3) is 0.525. The van der Waals surface area contributed by atoms with Gasteiger partial charge in [-0.15, -0.1) is 6.42 Å². The van der Waals surface area contributed by atoms with Crippen molar-refractivity contribution in [2.24, 2.45) is 11.3 Å². The SMILES string of the molecule is C#Cc1c(F)ccc2cc(O)cc(-c3nc(OC)c4c(N5CCOCC(C)(O)C5)nc(OCC56CCCC5N(CC5CCOC5)CCC6)nc4c3F)c12. The zero-order valence-corrected chi connectivity index (χ0v) is 30.2. The van der Waals surface area contributed by atoms with E-state index >= 15 is 8.78 Å². The highest BCUT2D eigenvalue weighted by Gasteiger charge is 2.49. The molecule has 4 aliphatic rings. The summed E-state index contributed by atoms with van der Waals surface area (Å²) in [6.07, 6.45) is 12.1. The number of phenols is 1. The summed E-state index contributed by atoms with van der Waals surface area (Å²) in [5, 5.41) is 22.7. The zero-order valence-electron chi connectivity index (χ0n) is 30.2. The van der Waals surface area contributed by atoms with Crippen LogP contribution in [-0.4, -0.2) is 108 Å². The number of hydrogen-bond acceptors (Lipinski definition) is 11. The lowest BCUT2D eigenvalue weighted by molar-refractivity contribution is -0.0123. The summed E-state index contributed by atoms with van der Waals surface area (Å²) >= 11 is 0. The van der Waals surface area contributed by atoms with E-state index in [1.165, 1.54) is 31.4 Å². The van der Waals surface area contributed by atoms with Gasteiger partial charge in [-0.05, 0) is 75.1 Å². The first-order chi connectivity index (χ1) is 25.6. The summed E-state index contributed by atoms with van der Waals surface area (Å²) in [6.45, 7) is 6.56. The van der Waals surface area contributed by atoms with Crippen LogP contribution in [-0.2, 0) is 9.47 Å². The highest BCUT2D eigenvalue weighted by Crippen LogP contribution is 2.49. The number of nitrogens with zero attached hydrogens (tertiary/aromatic N) is 5. The van der Waals surface area contributed by atoms with Gasteiger partial charge < -0.3 is 34.1 Å². The average molecular weight is 730 g/mol. The van der Waals surface area contributed by atoms with Crippen LogP contribution in [0.2, 0.25) is 0 Å². The van der Waals surface area contributed by atoms with Crippen LogP contribution in [0.5, 0.6) is 17.6 Å². The lowest BCUT2D eigenvalue weighted by Crippen LogP contribution is -2.53. The van der Waals surface area contributed by atoms with Gasteiger partial charge in [0.1, 0.15) is 39.6 Å². The number of methoxy groups -OCH3 is 1. The molecular weight excluding hydrogens is 684 g/mol. The fourth-order valence-electron chi connectivity index (χ4n) is 9.16. The van der Waals surface area contributed by atoms with Crippen LogP contribution in [0.25, 0.3) is 32.9 Å². The summed E-state index contributed by atoms with van der Waals surface area (Å²) in [7, 11) is 1.40. The smallest absolute Gasteiger partial charge is 0.319 e. The number of halogens is 2. The van der Waals surface area contributed by atoms with Gasteiger partial charge in [-0.2, -0.15) is 9.97 Å². The fourth-order valence-corrected chi connectivity index (χ4v) is 9.16. The van der Waals surface area contributed by atoms with E-state index in [-0.39, 0.29) is 81.7 Å². The Bertz CT molecular complexity index is 2090. The van der Waals surface area contributed by atoms with Crippen LogP contribution in [0.3, 0.4) is 0 Å². The number of aromatic hydroxyl groups is 1. The van der Waals surface area contributed by atoms with Crippen molar-refractivity contribution in [2.75, 3.05) is 71.2 Å². The van der Waals surface area contributed by atoms with Crippen molar-refractivity contribution in [3.05, 3.63) is 41.5 Å². The van der Waals surface area contributed by atoms with Crippen LogP contribution < -0.4 is 14.4 Å². The number of likely N-dealkylation sites (tertiary alicyclic amines) is 1. The Morgan fingerprint density at radius 1 is 1.06 bits per heavy atom. The first kappa shape index (κ1) is 35.7. The third kappa shape index (κ3) is 6.60. The predicted octanol–water partition coefficient (Wildman–Crippen LogP) is 5.46. The number of rotatable bonds is 8. The molecule has 2 aromatic carbocycles. The second-order valence-corrected chi connectivity index (χ2v) is 15.4. The largest absolute Gasteiger partial charge is 0.508 e. The number of pyridine rings is 1. The van der Waals surface area contributed by atoms with E-state index in [0.29, 0.717) is 30.5 Å². The Morgan fingerprint density at radius 3 is 2.70 bits per heavy atom. The molecule has 4 atom stereocenters. The molecule has 1 saturated carbocycles. The lowest BCUT2D eigenvalue weighted by atomic mass is 9.75. The van der Waals surface area contributed by atoms with Crippen molar-refractivity contribution in [1.82, 2.24) is 19.9 Å². The Balaban J connectivity index is 1.26. The standard InChI is InChI=1S/C40H45F2N5O6/c1-4-27-29(41)9-8-25-17-26(48)18-28(31(25)27)34-33(42)35-32(37(43-34)50-3)36(47-14-16-52-22-39(2,49)21-47)45-38(44-35)53-23-40-11-5-7-30(40)46(13-6-12-40)19-24-10-15-51-20-24/h1,8-9,17-18,24,30,48-49H,5-7,10-16,19-23H2,2-3H3. The minimum Gasteiger partial charge on any atom is -0.508 e. The minimum atomic E-state index is -1.24. The van der Waals surface area contributed by atoms with Gasteiger partial charge in [-0.25, -0.2) is 13.8 Å². The molecule has 11 nitrogen and oxygen atoms in total. The van der Waals surface area contributed by atoms with Crippen LogP contribution in [0.15, 0.2) is 24.3 Å². The summed E-state index contributed by atoms with van der Waals surface area (Å²) in [4.78, 5) is 18.6. The van der Waals surface area contributed by atoms with Crippen LogP contribution in [0, 0.1) is 35.3 Å². The van der Waals surface area contributed by atoms with Gasteiger partial charge in [0.15, 0.2) is 5.82 Å². The number of aromatic nitrogens is 3. The highest BCUT2D eigenvalue weighted by atomic mass is 19.1. The Labute approximate surface area is 307 Å². The monoisotopic (exact) mass is 729 g/mol. The average Bonchev–Trinajstić information content (AvgIpc) is 3.79. The van der Waals surface area contributed by atoms with E-state index in [1.807, 2.05) is 4.90 Å². The highest BCUT2D eigenvalue weighted by molar-refractivity contribution is 6.04. The van der Waals surface area contributed by atoms with E-state index in [4.69, 9.17) is 30.4 Å². The third-order valence-corrected chi connectivity index (χ3v) is 11.5. The van der Waals surface area contributed by atoms with Crippen LogP contribution >= 0.6 is 0 Å². The molecule has 5 heterocycles. The summed E-state index contributed by atoms with van der Waals surface area (Å²) in [6, 6.07) is 5.73.